The minimum Gasteiger partial charge on any atom is -0.507 e. The van der Waals surface area contributed by atoms with Gasteiger partial charge in [-0.3, -0.25) is 0 Å². The van der Waals surface area contributed by atoms with Gasteiger partial charge in [0.1, 0.15) is 11.5 Å². The quantitative estimate of drug-likeness (QED) is 0.710. The van der Waals surface area contributed by atoms with E-state index in [9.17, 15) is 9.90 Å². The van der Waals surface area contributed by atoms with E-state index >= 15 is 0 Å². The van der Waals surface area contributed by atoms with Crippen LogP contribution in [0, 0.1) is 5.92 Å². The molecule has 2 saturated carbocycles. The molecule has 1 aromatic heterocycles. The van der Waals surface area contributed by atoms with E-state index in [1.165, 1.54) is 38.5 Å². The van der Waals surface area contributed by atoms with E-state index in [4.69, 9.17) is 4.42 Å². The molecule has 0 bridgehead atoms. The summed E-state index contributed by atoms with van der Waals surface area (Å²) in [6.07, 6.45) is 9.74. The predicted octanol–water partition coefficient (Wildman–Crippen LogP) is 5.92. The van der Waals surface area contributed by atoms with Crippen molar-refractivity contribution in [1.29, 1.82) is 0 Å². The molecule has 0 saturated heterocycles. The van der Waals surface area contributed by atoms with Crippen molar-refractivity contribution in [3.8, 4) is 17.1 Å². The van der Waals surface area contributed by atoms with Gasteiger partial charge in [-0.05, 0) is 31.6 Å². The summed E-state index contributed by atoms with van der Waals surface area (Å²) in [4.78, 5) is 12.9. The van der Waals surface area contributed by atoms with Gasteiger partial charge in [-0.1, -0.05) is 56.0 Å². The third-order valence-corrected chi connectivity index (χ3v) is 7.55. The second-order valence-corrected chi connectivity index (χ2v) is 9.02. The maximum Gasteiger partial charge on any atom is 0.344 e. The smallest absolute Gasteiger partial charge is 0.344 e. The molecule has 4 heteroatoms. The number of hydrogen-bond donors (Lipinski definition) is 1. The van der Waals surface area contributed by atoms with Crippen LogP contribution in [0.25, 0.3) is 11.3 Å². The van der Waals surface area contributed by atoms with Crippen LogP contribution in [0.2, 0.25) is 0 Å². The van der Waals surface area contributed by atoms with E-state index in [1.807, 2.05) is 42.1 Å². The van der Waals surface area contributed by atoms with Crippen LogP contribution < -0.4 is 5.63 Å². The standard InChI is InChI=1S/C22H26O3S/c23-18-14-19(15-8-2-1-3-9-15)25-22(24)20(18)21(16-10-4-5-11-16)26-17-12-6-7-13-17/h1-3,8-9,14,16-17,21,23H,4-7,10-13H2/t21-/m1/s1. The summed E-state index contributed by atoms with van der Waals surface area (Å²) in [7, 11) is 0. The molecule has 138 valence electrons. The highest BCUT2D eigenvalue weighted by atomic mass is 32.2. The lowest BCUT2D eigenvalue weighted by molar-refractivity contribution is 0.422. The molecular formula is C22H26O3S. The normalized spacial score (nSPS) is 19.8. The Labute approximate surface area is 158 Å². The number of hydrogen-bond acceptors (Lipinski definition) is 4. The fraction of sp³-hybridized carbons (Fsp3) is 0.500. The molecule has 2 aliphatic rings. The van der Waals surface area contributed by atoms with E-state index in [0.29, 0.717) is 22.5 Å². The van der Waals surface area contributed by atoms with Crippen LogP contribution in [-0.2, 0) is 0 Å². The molecule has 0 unspecified atom stereocenters. The zero-order valence-corrected chi connectivity index (χ0v) is 15.8. The number of rotatable bonds is 5. The highest BCUT2D eigenvalue weighted by Gasteiger charge is 2.34. The average molecular weight is 371 g/mol. The van der Waals surface area contributed by atoms with E-state index < -0.39 is 0 Å². The minimum absolute atomic E-state index is 0.0571. The molecule has 2 aliphatic carbocycles. The molecule has 1 aromatic carbocycles. The number of aromatic hydroxyl groups is 1. The van der Waals surface area contributed by atoms with Gasteiger partial charge in [0.15, 0.2) is 0 Å². The van der Waals surface area contributed by atoms with Crippen molar-refractivity contribution in [3.05, 3.63) is 52.4 Å². The van der Waals surface area contributed by atoms with Crippen LogP contribution in [0.4, 0.5) is 0 Å². The van der Waals surface area contributed by atoms with Crippen molar-refractivity contribution >= 4 is 11.8 Å². The molecule has 1 atom stereocenters. The van der Waals surface area contributed by atoms with Gasteiger partial charge in [0.2, 0.25) is 0 Å². The fourth-order valence-corrected chi connectivity index (χ4v) is 6.27. The Morgan fingerprint density at radius 1 is 1.00 bits per heavy atom. The highest BCUT2D eigenvalue weighted by molar-refractivity contribution is 8.00. The zero-order chi connectivity index (χ0) is 17.9. The fourth-order valence-electron chi connectivity index (χ4n) is 4.40. The third-order valence-electron chi connectivity index (χ3n) is 5.78. The molecule has 3 nitrogen and oxygen atoms in total. The maximum absolute atomic E-state index is 12.9. The van der Waals surface area contributed by atoms with Gasteiger partial charge in [-0.25, -0.2) is 4.79 Å². The molecule has 4 rings (SSSR count). The Hall–Kier alpha value is -1.68. The lowest BCUT2D eigenvalue weighted by Gasteiger charge is -2.26. The summed E-state index contributed by atoms with van der Waals surface area (Å²) in [6, 6.07) is 11.1. The van der Waals surface area contributed by atoms with Crippen LogP contribution in [0.1, 0.15) is 62.2 Å². The van der Waals surface area contributed by atoms with Gasteiger partial charge < -0.3 is 9.52 Å². The topological polar surface area (TPSA) is 50.4 Å². The van der Waals surface area contributed by atoms with Gasteiger partial charge >= 0.3 is 5.63 Å². The summed E-state index contributed by atoms with van der Waals surface area (Å²) in [5.41, 5.74) is 0.937. The van der Waals surface area contributed by atoms with Gasteiger partial charge in [-0.15, -0.1) is 11.8 Å². The molecule has 1 heterocycles. The Bertz CT molecular complexity index is 787. The first kappa shape index (κ1) is 17.7. The van der Waals surface area contributed by atoms with Gasteiger partial charge in [0.05, 0.1) is 5.56 Å². The monoisotopic (exact) mass is 370 g/mol. The molecule has 0 aliphatic heterocycles. The Balaban J connectivity index is 1.69. The van der Waals surface area contributed by atoms with Crippen LogP contribution in [0.3, 0.4) is 0 Å². The van der Waals surface area contributed by atoms with Crippen LogP contribution in [-0.4, -0.2) is 10.4 Å². The van der Waals surface area contributed by atoms with Crippen molar-refractivity contribution in [2.75, 3.05) is 0 Å². The third kappa shape index (κ3) is 3.71. The molecule has 2 fully saturated rings. The number of benzene rings is 1. The van der Waals surface area contributed by atoms with E-state index in [1.54, 1.807) is 6.07 Å². The van der Waals surface area contributed by atoms with Crippen LogP contribution in [0.15, 0.2) is 45.6 Å². The average Bonchev–Trinajstić information content (AvgIpc) is 3.35. The second kappa shape index (κ2) is 7.91. The van der Waals surface area contributed by atoms with Gasteiger partial charge in [0, 0.05) is 22.1 Å². The molecular weight excluding hydrogens is 344 g/mol. The SMILES string of the molecule is O=c1oc(-c2ccccc2)cc(O)c1[C@H](SC1CCCC1)C1CCCC1. The summed E-state index contributed by atoms with van der Waals surface area (Å²) in [5.74, 6) is 1.01. The Morgan fingerprint density at radius 3 is 2.31 bits per heavy atom. The van der Waals surface area contributed by atoms with Crippen LogP contribution in [0.5, 0.6) is 5.75 Å². The lowest BCUT2D eigenvalue weighted by Crippen LogP contribution is -2.18. The highest BCUT2D eigenvalue weighted by Crippen LogP contribution is 2.49. The van der Waals surface area contributed by atoms with Crippen molar-refractivity contribution in [1.82, 2.24) is 0 Å². The Morgan fingerprint density at radius 2 is 1.65 bits per heavy atom. The maximum atomic E-state index is 12.9. The first-order chi connectivity index (χ1) is 12.7. The molecule has 0 radical (unpaired) electrons. The van der Waals surface area contributed by atoms with Crippen LogP contribution >= 0.6 is 11.8 Å². The largest absolute Gasteiger partial charge is 0.507 e. The van der Waals surface area contributed by atoms with Crippen molar-refractivity contribution < 1.29 is 9.52 Å². The first-order valence-corrected chi connectivity index (χ1v) is 10.7. The van der Waals surface area contributed by atoms with Crippen molar-refractivity contribution in [2.24, 2.45) is 5.92 Å². The molecule has 26 heavy (non-hydrogen) atoms. The van der Waals surface area contributed by atoms with E-state index in [0.717, 1.165) is 18.4 Å². The summed E-state index contributed by atoms with van der Waals surface area (Å²) in [6.45, 7) is 0. The molecule has 1 N–H and O–H groups in total. The van der Waals surface area contributed by atoms with Gasteiger partial charge in [0.25, 0.3) is 0 Å². The van der Waals surface area contributed by atoms with Gasteiger partial charge in [-0.2, -0.15) is 0 Å². The lowest BCUT2D eigenvalue weighted by atomic mass is 9.97. The van der Waals surface area contributed by atoms with E-state index in [-0.39, 0.29) is 16.6 Å². The van der Waals surface area contributed by atoms with E-state index in [2.05, 4.69) is 0 Å². The predicted molar refractivity (Wildman–Crippen MR) is 107 cm³/mol. The zero-order valence-electron chi connectivity index (χ0n) is 15.0. The van der Waals surface area contributed by atoms with Crippen molar-refractivity contribution in [3.63, 3.8) is 0 Å². The Kier molecular flexibility index (Phi) is 5.39. The molecule has 2 aromatic rings. The summed E-state index contributed by atoms with van der Waals surface area (Å²) < 4.78 is 5.65. The summed E-state index contributed by atoms with van der Waals surface area (Å²) >= 11 is 1.91. The molecule has 0 spiro atoms. The minimum atomic E-state index is -0.369. The van der Waals surface area contributed by atoms with Crippen molar-refractivity contribution in [2.45, 2.75) is 61.9 Å². The second-order valence-electron chi connectivity index (χ2n) is 7.57. The molecule has 0 amide bonds. The summed E-state index contributed by atoms with van der Waals surface area (Å²) in [5, 5.41) is 11.4. The first-order valence-electron chi connectivity index (χ1n) is 9.80. The number of thioether (sulfide) groups is 1.